The van der Waals surface area contributed by atoms with E-state index < -0.39 is 0 Å². The van der Waals surface area contributed by atoms with Crippen molar-refractivity contribution in [3.8, 4) is 33.5 Å². The summed E-state index contributed by atoms with van der Waals surface area (Å²) < 4.78 is 0. The van der Waals surface area contributed by atoms with Crippen LogP contribution in [0.3, 0.4) is 0 Å². The van der Waals surface area contributed by atoms with E-state index in [0.29, 0.717) is 0 Å². The molecule has 0 spiro atoms. The molecule has 10 aromatic rings. The normalized spacial score (nSPS) is 11.8. The van der Waals surface area contributed by atoms with E-state index in [0.717, 1.165) is 44.1 Å². The fraction of sp³-hybridized carbons (Fsp3) is 0. The van der Waals surface area contributed by atoms with Gasteiger partial charge < -0.3 is 0 Å². The quantitative estimate of drug-likeness (QED) is 0.187. The van der Waals surface area contributed by atoms with Gasteiger partial charge >= 0.3 is 0 Å². The molecule has 0 aliphatic rings. The highest BCUT2D eigenvalue weighted by Gasteiger charge is 2.14. The van der Waals surface area contributed by atoms with Crippen molar-refractivity contribution in [3.63, 3.8) is 0 Å². The predicted molar refractivity (Wildman–Crippen MR) is 201 cm³/mol. The molecule has 3 aromatic heterocycles. The number of rotatable bonds is 3. The lowest BCUT2D eigenvalue weighted by Crippen LogP contribution is -1.91. The van der Waals surface area contributed by atoms with Crippen molar-refractivity contribution in [2.45, 2.75) is 0 Å². The minimum atomic E-state index is 0.935. The second kappa shape index (κ2) is 10.5. The van der Waals surface area contributed by atoms with Crippen LogP contribution < -0.4 is 0 Å². The molecule has 0 saturated carbocycles. The highest BCUT2D eigenvalue weighted by atomic mass is 14.7. The first-order valence-corrected chi connectivity index (χ1v) is 16.3. The number of aromatic nitrogens is 3. The summed E-state index contributed by atoms with van der Waals surface area (Å²) in [5.41, 5.74) is 9.72. The zero-order valence-electron chi connectivity index (χ0n) is 25.9. The average Bonchev–Trinajstić information content (AvgIpc) is 3.16. The summed E-state index contributed by atoms with van der Waals surface area (Å²) in [6.07, 6.45) is 3.72. The van der Waals surface area contributed by atoms with Gasteiger partial charge in [0, 0.05) is 44.9 Å². The van der Waals surface area contributed by atoms with Crippen LogP contribution >= 0.6 is 0 Å². The molecule has 0 aliphatic carbocycles. The lowest BCUT2D eigenvalue weighted by Gasteiger charge is -2.13. The van der Waals surface area contributed by atoms with Gasteiger partial charge in [-0.1, -0.05) is 121 Å². The van der Waals surface area contributed by atoms with E-state index in [1.54, 1.807) is 0 Å². The summed E-state index contributed by atoms with van der Waals surface area (Å²) in [7, 11) is 0. The first-order valence-electron chi connectivity index (χ1n) is 16.3. The Morgan fingerprint density at radius 3 is 1.90 bits per heavy atom. The van der Waals surface area contributed by atoms with Gasteiger partial charge in [-0.25, -0.2) is 4.98 Å². The van der Waals surface area contributed by atoms with E-state index in [1.807, 2.05) is 18.5 Å². The molecule has 0 atom stereocenters. The van der Waals surface area contributed by atoms with Gasteiger partial charge in [-0.05, 0) is 74.1 Å². The zero-order chi connectivity index (χ0) is 31.6. The number of para-hydroxylation sites is 1. The molecule has 7 aromatic carbocycles. The second-order valence-electron chi connectivity index (χ2n) is 12.4. The molecule has 3 heterocycles. The number of benzene rings is 7. The van der Waals surface area contributed by atoms with Crippen LogP contribution in [0.25, 0.3) is 98.5 Å². The molecule has 0 saturated heterocycles. The van der Waals surface area contributed by atoms with Gasteiger partial charge in [0.05, 0.1) is 22.2 Å². The highest BCUT2D eigenvalue weighted by Crippen LogP contribution is 2.38. The lowest BCUT2D eigenvalue weighted by atomic mass is 9.94. The molecule has 0 bridgehead atoms. The summed E-state index contributed by atoms with van der Waals surface area (Å²) in [6.45, 7) is 0. The van der Waals surface area contributed by atoms with Gasteiger partial charge in [-0.2, -0.15) is 0 Å². The van der Waals surface area contributed by atoms with E-state index in [9.17, 15) is 0 Å². The third-order valence-electron chi connectivity index (χ3n) is 9.72. The fourth-order valence-electron chi connectivity index (χ4n) is 7.36. The minimum absolute atomic E-state index is 0.935. The monoisotopic (exact) mass is 609 g/mol. The first-order chi connectivity index (χ1) is 23.8. The highest BCUT2D eigenvalue weighted by molar-refractivity contribution is 6.22. The van der Waals surface area contributed by atoms with Crippen molar-refractivity contribution >= 4 is 65.0 Å². The number of hydrogen-bond donors (Lipinski definition) is 0. The van der Waals surface area contributed by atoms with Crippen LogP contribution in [0.2, 0.25) is 0 Å². The molecule has 0 unspecified atom stereocenters. The van der Waals surface area contributed by atoms with Crippen molar-refractivity contribution in [1.29, 1.82) is 0 Å². The Bertz CT molecular complexity index is 2870. The van der Waals surface area contributed by atoms with Gasteiger partial charge in [0.2, 0.25) is 0 Å². The maximum atomic E-state index is 5.18. The maximum Gasteiger partial charge on any atom is 0.0970 e. The molecule has 0 N–H and O–H groups in total. The van der Waals surface area contributed by atoms with Gasteiger partial charge in [0.1, 0.15) is 0 Å². The van der Waals surface area contributed by atoms with Crippen molar-refractivity contribution < 1.29 is 0 Å². The lowest BCUT2D eigenvalue weighted by molar-refractivity contribution is 1.37. The van der Waals surface area contributed by atoms with Crippen LogP contribution in [0.1, 0.15) is 0 Å². The Kier molecular flexibility index (Phi) is 5.87. The van der Waals surface area contributed by atoms with Crippen molar-refractivity contribution in [1.82, 2.24) is 15.0 Å². The smallest absolute Gasteiger partial charge is 0.0970 e. The molecule has 222 valence electrons. The summed E-state index contributed by atoms with van der Waals surface area (Å²) in [5, 5.41) is 10.7. The van der Waals surface area contributed by atoms with E-state index in [-0.39, 0.29) is 0 Å². The van der Waals surface area contributed by atoms with Crippen LogP contribution in [0.5, 0.6) is 0 Å². The number of nitrogens with zero attached hydrogens (tertiary/aromatic N) is 3. The van der Waals surface area contributed by atoms with Crippen LogP contribution in [-0.4, -0.2) is 15.0 Å². The topological polar surface area (TPSA) is 38.7 Å². The van der Waals surface area contributed by atoms with Crippen LogP contribution in [0.15, 0.2) is 164 Å². The molecule has 3 heteroatoms. The largest absolute Gasteiger partial charge is 0.254 e. The standard InChI is InChI=1S/C45H27N3/c1-2-8-37-29(6-1)19-22-40-42(37)39-9-3-4-10-41(39)48-43(40)31-13-11-28(12-14-31)32-15-16-34-27-35(18-17-33(34)26-32)36-23-25-47-45-38(36)21-20-30-7-5-24-46-44(30)45/h1-27H. The number of pyridine rings is 3. The van der Waals surface area contributed by atoms with Crippen LogP contribution in [0, 0.1) is 0 Å². The van der Waals surface area contributed by atoms with E-state index in [1.165, 1.54) is 54.4 Å². The van der Waals surface area contributed by atoms with E-state index in [4.69, 9.17) is 9.97 Å². The van der Waals surface area contributed by atoms with Crippen molar-refractivity contribution in [2.75, 3.05) is 0 Å². The Balaban J connectivity index is 1.03. The van der Waals surface area contributed by atoms with Gasteiger partial charge in [-0.3, -0.25) is 9.97 Å². The molecule has 48 heavy (non-hydrogen) atoms. The maximum absolute atomic E-state index is 5.18. The molecular formula is C45H27N3. The molecular weight excluding hydrogens is 583 g/mol. The Labute approximate surface area is 276 Å². The summed E-state index contributed by atoms with van der Waals surface area (Å²) in [4.78, 5) is 14.5. The Hall–Kier alpha value is -6.45. The van der Waals surface area contributed by atoms with Crippen LogP contribution in [-0.2, 0) is 0 Å². The van der Waals surface area contributed by atoms with Gasteiger partial charge in [0.25, 0.3) is 0 Å². The van der Waals surface area contributed by atoms with Crippen molar-refractivity contribution in [3.05, 3.63) is 164 Å². The average molecular weight is 610 g/mol. The molecule has 3 nitrogen and oxygen atoms in total. The van der Waals surface area contributed by atoms with Gasteiger partial charge in [0.15, 0.2) is 0 Å². The van der Waals surface area contributed by atoms with Gasteiger partial charge in [-0.15, -0.1) is 0 Å². The summed E-state index contributed by atoms with van der Waals surface area (Å²) >= 11 is 0. The third kappa shape index (κ3) is 4.18. The number of hydrogen-bond acceptors (Lipinski definition) is 3. The molecule has 0 aliphatic heterocycles. The Morgan fingerprint density at radius 2 is 1.00 bits per heavy atom. The van der Waals surface area contributed by atoms with Crippen LogP contribution in [0.4, 0.5) is 0 Å². The molecule has 10 rings (SSSR count). The fourth-order valence-corrected chi connectivity index (χ4v) is 7.36. The summed E-state index contributed by atoms with van der Waals surface area (Å²) in [6, 6.07) is 54.3. The minimum Gasteiger partial charge on any atom is -0.254 e. The Morgan fingerprint density at radius 1 is 0.354 bits per heavy atom. The molecule has 0 radical (unpaired) electrons. The number of fused-ring (bicyclic) bond motifs is 9. The first kappa shape index (κ1) is 26.7. The van der Waals surface area contributed by atoms with E-state index in [2.05, 4.69) is 151 Å². The molecule has 0 fully saturated rings. The van der Waals surface area contributed by atoms with Crippen molar-refractivity contribution in [2.24, 2.45) is 0 Å². The predicted octanol–water partition coefficient (Wildman–Crippen LogP) is 11.8. The summed E-state index contributed by atoms with van der Waals surface area (Å²) in [5.74, 6) is 0. The molecule has 0 amide bonds. The SMILES string of the molecule is c1ccc2c(c1)ccc1c(-c3ccc(-c4ccc5cc(-c6ccnc7c6ccc6cccnc67)ccc5c4)cc3)nc3ccccc3c12. The van der Waals surface area contributed by atoms with E-state index >= 15 is 0 Å². The third-order valence-corrected chi connectivity index (χ3v) is 9.72. The second-order valence-corrected chi connectivity index (χ2v) is 12.4. The zero-order valence-corrected chi connectivity index (χ0v) is 25.9.